The Morgan fingerprint density at radius 2 is 2.00 bits per heavy atom. The topological polar surface area (TPSA) is 65.4 Å². The van der Waals surface area contributed by atoms with Crippen LogP contribution in [0.25, 0.3) is 16.8 Å². The Balaban J connectivity index is 2.10. The van der Waals surface area contributed by atoms with Gasteiger partial charge in [-0.2, -0.15) is 9.61 Å². The Bertz CT molecular complexity index is 847. The minimum absolute atomic E-state index is 0.162. The Morgan fingerprint density at radius 1 is 1.23 bits per heavy atom. The molecule has 0 fully saturated rings. The van der Waals surface area contributed by atoms with Gasteiger partial charge in [0.2, 0.25) is 0 Å². The molecule has 2 heterocycles. The third-order valence-corrected chi connectivity index (χ3v) is 3.04. The van der Waals surface area contributed by atoms with E-state index < -0.39 is 6.36 Å². The number of nitrogens with zero attached hydrogens (tertiary/aromatic N) is 3. The number of rotatable bonds is 2. The lowest BCUT2D eigenvalue weighted by Gasteiger charge is -2.09. The van der Waals surface area contributed by atoms with Gasteiger partial charge in [-0.25, -0.2) is 4.98 Å². The fraction of sp³-hybridized carbons (Fsp3) is 0.0769. The number of halogens is 4. The van der Waals surface area contributed by atoms with Crippen LogP contribution < -0.4 is 10.5 Å². The zero-order valence-corrected chi connectivity index (χ0v) is 11.6. The molecule has 2 N–H and O–H groups in total. The first-order chi connectivity index (χ1) is 10.3. The van der Waals surface area contributed by atoms with Gasteiger partial charge in [-0.3, -0.25) is 0 Å². The van der Waals surface area contributed by atoms with Gasteiger partial charge in [-0.1, -0.05) is 23.7 Å². The number of hydrogen-bond acceptors (Lipinski definition) is 4. The molecule has 5 nitrogen and oxygen atoms in total. The summed E-state index contributed by atoms with van der Waals surface area (Å²) >= 11 is 5.85. The summed E-state index contributed by atoms with van der Waals surface area (Å²) in [5.74, 6) is -0.0664. The van der Waals surface area contributed by atoms with Gasteiger partial charge in [-0.15, -0.1) is 13.2 Å². The first kappa shape index (κ1) is 14.5. The summed E-state index contributed by atoms with van der Waals surface area (Å²) in [7, 11) is 0. The van der Waals surface area contributed by atoms with Crippen molar-refractivity contribution in [3.63, 3.8) is 0 Å². The first-order valence-electron chi connectivity index (χ1n) is 5.99. The zero-order valence-electron chi connectivity index (χ0n) is 10.8. The van der Waals surface area contributed by atoms with Gasteiger partial charge in [0.15, 0.2) is 5.65 Å². The number of alkyl halides is 3. The minimum atomic E-state index is -4.76. The number of ether oxygens (including phenoxy) is 1. The Hall–Kier alpha value is -2.48. The van der Waals surface area contributed by atoms with Crippen molar-refractivity contribution in [1.82, 2.24) is 14.6 Å². The maximum absolute atomic E-state index is 12.3. The van der Waals surface area contributed by atoms with Gasteiger partial charge in [-0.05, 0) is 17.7 Å². The molecule has 22 heavy (non-hydrogen) atoms. The van der Waals surface area contributed by atoms with E-state index in [9.17, 15) is 13.2 Å². The highest BCUT2D eigenvalue weighted by molar-refractivity contribution is 6.29. The van der Waals surface area contributed by atoms with Crippen LogP contribution in [0.3, 0.4) is 0 Å². The van der Waals surface area contributed by atoms with E-state index in [-0.39, 0.29) is 16.7 Å². The van der Waals surface area contributed by atoms with Crippen LogP contribution in [0, 0.1) is 0 Å². The molecule has 0 saturated heterocycles. The van der Waals surface area contributed by atoms with Gasteiger partial charge in [0.05, 0.1) is 6.20 Å². The first-order valence-corrected chi connectivity index (χ1v) is 6.37. The molecular weight excluding hydrogens is 321 g/mol. The van der Waals surface area contributed by atoms with E-state index >= 15 is 0 Å². The summed E-state index contributed by atoms with van der Waals surface area (Å²) < 4.78 is 42.1. The lowest BCUT2D eigenvalue weighted by atomic mass is 10.1. The van der Waals surface area contributed by atoms with Crippen LogP contribution in [-0.4, -0.2) is 21.0 Å². The van der Waals surface area contributed by atoms with Gasteiger partial charge in [0.1, 0.15) is 16.7 Å². The standard InChI is InChI=1S/C13H8ClF3N4O/c14-10-5-11(18)21-12(20-10)9(6-19-21)7-2-1-3-8(4-7)22-13(15,16)17/h1-6H,18H2. The molecule has 3 aromatic rings. The molecule has 114 valence electrons. The van der Waals surface area contributed by atoms with Crippen molar-refractivity contribution in [3.05, 3.63) is 41.7 Å². The SMILES string of the molecule is Nc1cc(Cl)nc2c(-c3cccc(OC(F)(F)F)c3)cnn12. The third-order valence-electron chi connectivity index (χ3n) is 2.85. The van der Waals surface area contributed by atoms with Crippen LogP contribution in [0.1, 0.15) is 0 Å². The summed E-state index contributed by atoms with van der Waals surface area (Å²) in [4.78, 5) is 4.10. The average Bonchev–Trinajstić information content (AvgIpc) is 2.81. The van der Waals surface area contributed by atoms with E-state index in [1.165, 1.54) is 35.0 Å². The Labute approximate surface area is 127 Å². The molecule has 0 aliphatic heterocycles. The molecule has 0 spiro atoms. The number of fused-ring (bicyclic) bond motifs is 1. The monoisotopic (exact) mass is 328 g/mol. The molecule has 0 aliphatic rings. The van der Waals surface area contributed by atoms with Crippen LogP contribution in [0.5, 0.6) is 5.75 Å². The largest absolute Gasteiger partial charge is 0.573 e. The predicted octanol–water partition coefficient (Wildman–Crippen LogP) is 3.53. The van der Waals surface area contributed by atoms with Gasteiger partial charge in [0.25, 0.3) is 0 Å². The summed E-state index contributed by atoms with van der Waals surface area (Å²) in [6, 6.07) is 6.92. The summed E-state index contributed by atoms with van der Waals surface area (Å²) in [5, 5.41) is 4.21. The van der Waals surface area contributed by atoms with Crippen molar-refractivity contribution in [3.8, 4) is 16.9 Å². The highest BCUT2D eigenvalue weighted by Crippen LogP contribution is 2.30. The summed E-state index contributed by atoms with van der Waals surface area (Å²) in [5.41, 5.74) is 7.04. The number of hydrogen-bond donors (Lipinski definition) is 1. The maximum atomic E-state index is 12.3. The summed E-state index contributed by atoms with van der Waals surface area (Å²) in [6.07, 6.45) is -3.31. The van der Waals surface area contributed by atoms with E-state index in [1.807, 2.05) is 0 Å². The number of nitrogen functional groups attached to an aromatic ring is 1. The molecule has 0 atom stereocenters. The van der Waals surface area contributed by atoms with E-state index in [2.05, 4.69) is 14.8 Å². The molecular formula is C13H8ClF3N4O. The maximum Gasteiger partial charge on any atom is 0.573 e. The van der Waals surface area contributed by atoms with Crippen LogP contribution in [0.15, 0.2) is 36.5 Å². The average molecular weight is 329 g/mol. The smallest absolute Gasteiger partial charge is 0.406 e. The lowest BCUT2D eigenvalue weighted by molar-refractivity contribution is -0.274. The van der Waals surface area contributed by atoms with Crippen molar-refractivity contribution in [2.24, 2.45) is 0 Å². The lowest BCUT2D eigenvalue weighted by Crippen LogP contribution is -2.17. The van der Waals surface area contributed by atoms with E-state index in [0.29, 0.717) is 16.8 Å². The van der Waals surface area contributed by atoms with Crippen molar-refractivity contribution in [2.75, 3.05) is 5.73 Å². The molecule has 0 radical (unpaired) electrons. The van der Waals surface area contributed by atoms with Crippen molar-refractivity contribution in [2.45, 2.75) is 6.36 Å². The Kier molecular flexibility index (Phi) is 3.32. The second kappa shape index (κ2) is 5.06. The number of aromatic nitrogens is 3. The highest BCUT2D eigenvalue weighted by Gasteiger charge is 2.31. The van der Waals surface area contributed by atoms with Gasteiger partial charge < -0.3 is 10.5 Å². The van der Waals surface area contributed by atoms with E-state index in [1.54, 1.807) is 6.07 Å². The molecule has 1 aromatic carbocycles. The van der Waals surface area contributed by atoms with Gasteiger partial charge in [0, 0.05) is 11.6 Å². The second-order valence-electron chi connectivity index (χ2n) is 4.37. The predicted molar refractivity (Wildman–Crippen MR) is 74.5 cm³/mol. The van der Waals surface area contributed by atoms with Crippen LogP contribution in [0.4, 0.5) is 19.0 Å². The van der Waals surface area contributed by atoms with Crippen LogP contribution in [-0.2, 0) is 0 Å². The van der Waals surface area contributed by atoms with Gasteiger partial charge >= 0.3 is 6.36 Å². The molecule has 0 unspecified atom stereocenters. The van der Waals surface area contributed by atoms with Crippen molar-refractivity contribution in [1.29, 1.82) is 0 Å². The number of anilines is 1. The quantitative estimate of drug-likeness (QED) is 0.731. The van der Waals surface area contributed by atoms with Crippen molar-refractivity contribution < 1.29 is 17.9 Å². The molecule has 2 aromatic heterocycles. The van der Waals surface area contributed by atoms with Crippen LogP contribution in [0.2, 0.25) is 5.15 Å². The third kappa shape index (κ3) is 2.77. The molecule has 0 bridgehead atoms. The van der Waals surface area contributed by atoms with Crippen LogP contribution >= 0.6 is 11.6 Å². The second-order valence-corrected chi connectivity index (χ2v) is 4.76. The molecule has 3 rings (SSSR count). The number of benzene rings is 1. The summed E-state index contributed by atoms with van der Waals surface area (Å²) in [6.45, 7) is 0. The van der Waals surface area contributed by atoms with E-state index in [0.717, 1.165) is 0 Å². The number of nitrogens with two attached hydrogens (primary N) is 1. The molecule has 0 saturated carbocycles. The highest BCUT2D eigenvalue weighted by atomic mass is 35.5. The zero-order chi connectivity index (χ0) is 15.9. The minimum Gasteiger partial charge on any atom is -0.406 e. The van der Waals surface area contributed by atoms with E-state index in [4.69, 9.17) is 17.3 Å². The fourth-order valence-electron chi connectivity index (χ4n) is 2.02. The Morgan fingerprint density at radius 3 is 2.73 bits per heavy atom. The molecule has 9 heteroatoms. The fourth-order valence-corrected chi connectivity index (χ4v) is 2.21. The van der Waals surface area contributed by atoms with Crippen molar-refractivity contribution >= 4 is 23.1 Å². The molecule has 0 amide bonds. The normalized spacial score (nSPS) is 11.8. The molecule has 0 aliphatic carbocycles.